The van der Waals surface area contributed by atoms with Crippen LogP contribution in [-0.2, 0) is 29.4 Å². The number of benzene rings is 7. The normalized spacial score (nSPS) is 17.9. The van der Waals surface area contributed by atoms with Gasteiger partial charge in [0.25, 0.3) is 0 Å². The number of hydrogen-bond acceptors (Lipinski definition) is 14. The third-order valence-corrected chi connectivity index (χ3v) is 13.1. The molecule has 1 saturated heterocycles. The molecule has 2 heterocycles. The maximum absolute atomic E-state index is 14.4. The van der Waals surface area contributed by atoms with Crippen LogP contribution >= 0.6 is 23.1 Å². The molecular weight excluding hydrogens is 949 g/mol. The topological polar surface area (TPSA) is 157 Å². The van der Waals surface area contributed by atoms with Crippen molar-refractivity contribution in [2.75, 3.05) is 6.61 Å². The number of thioether (sulfide) groups is 1. The van der Waals surface area contributed by atoms with Crippen molar-refractivity contribution in [3.05, 3.63) is 249 Å². The first-order valence-corrected chi connectivity index (χ1v) is 24.7. The molecule has 15 heteroatoms. The molecule has 0 unspecified atom stereocenters. The Hall–Kier alpha value is -8.24. The van der Waals surface area contributed by atoms with Crippen LogP contribution in [0.1, 0.15) is 52.6 Å². The van der Waals surface area contributed by atoms with Crippen molar-refractivity contribution < 1.29 is 42.9 Å². The van der Waals surface area contributed by atoms with Crippen molar-refractivity contribution >= 4 is 52.7 Å². The first kappa shape index (κ1) is 48.8. The first-order chi connectivity index (χ1) is 35.3. The second kappa shape index (κ2) is 23.6. The number of hydrogen-bond donors (Lipinski definition) is 0. The quantitative estimate of drug-likeness (QED) is 0.0547. The van der Waals surface area contributed by atoms with Crippen LogP contribution in [-0.4, -0.2) is 70.7 Å². The van der Waals surface area contributed by atoms with Crippen LogP contribution in [0.2, 0.25) is 0 Å². The number of carbonyl (C=O) groups is 4. The Morgan fingerprint density at radius 1 is 0.569 bits per heavy atom. The molecule has 360 valence electrons. The van der Waals surface area contributed by atoms with E-state index in [9.17, 15) is 19.2 Å². The maximum Gasteiger partial charge on any atom is 0.338 e. The summed E-state index contributed by atoms with van der Waals surface area (Å²) in [7, 11) is 0. The van der Waals surface area contributed by atoms with Crippen molar-refractivity contribution in [1.29, 1.82) is 0 Å². The van der Waals surface area contributed by atoms with Crippen molar-refractivity contribution in [2.24, 2.45) is 9.98 Å². The van der Waals surface area contributed by atoms with Gasteiger partial charge in [0.15, 0.2) is 34.5 Å². The van der Waals surface area contributed by atoms with Crippen molar-refractivity contribution in [3.8, 4) is 5.69 Å². The lowest BCUT2D eigenvalue weighted by molar-refractivity contribution is -0.227. The fraction of sp³-hybridized carbons (Fsp3) is 0.140. The molecule has 0 N–H and O–H groups in total. The number of aryl methyl sites for hydroxylation is 1. The van der Waals surface area contributed by atoms with E-state index in [4.69, 9.17) is 38.7 Å². The molecule has 1 aromatic heterocycles. The number of rotatable bonds is 15. The predicted molar refractivity (Wildman–Crippen MR) is 272 cm³/mol. The maximum atomic E-state index is 14.4. The molecule has 0 amide bonds. The molecule has 13 nitrogen and oxygen atoms in total. The highest BCUT2D eigenvalue weighted by molar-refractivity contribution is 7.98. The standard InChI is InChI=1S/C57H46N4O9S2/c1-38-22-20-21-35-45(38)61-56(71-37-39-23-8-2-9-24-39)60-55(58-44-33-18-7-19-34-44)72-57(61)59-50-49(70-54(65)43-31-16-6-17-32-43)48(69-53(64)42-29-14-5-15-30-42)47(68-52(63)41-27-12-4-13-28-41)46(67-50)36-66-51(62)40-25-10-3-11-26-40/h2-35,46-50H,36-37H2,1H3/b58-55?,59-57-/t46-,47-,48+,49-,50-/m1/s1. The van der Waals surface area contributed by atoms with Gasteiger partial charge in [-0.3, -0.25) is 4.57 Å². The van der Waals surface area contributed by atoms with Crippen LogP contribution in [0.15, 0.2) is 221 Å². The molecule has 5 atom stereocenters. The highest BCUT2D eigenvalue weighted by Gasteiger charge is 2.53. The zero-order valence-corrected chi connectivity index (χ0v) is 40.3. The number of ether oxygens (including phenoxy) is 5. The molecule has 72 heavy (non-hydrogen) atoms. The minimum Gasteiger partial charge on any atom is -0.459 e. The number of para-hydroxylation sites is 2. The highest BCUT2D eigenvalue weighted by Crippen LogP contribution is 2.32. The number of esters is 4. The Morgan fingerprint density at radius 2 is 1.03 bits per heavy atom. The fourth-order valence-corrected chi connectivity index (χ4v) is 9.65. The second-order valence-corrected chi connectivity index (χ2v) is 18.1. The molecule has 1 aliphatic rings. The van der Waals surface area contributed by atoms with Crippen LogP contribution in [0, 0.1) is 6.92 Å². The molecule has 9 rings (SSSR count). The van der Waals surface area contributed by atoms with E-state index in [-0.39, 0.29) is 22.3 Å². The predicted octanol–water partition coefficient (Wildman–Crippen LogP) is 9.93. The van der Waals surface area contributed by atoms with Gasteiger partial charge in [-0.2, -0.15) is 4.98 Å². The van der Waals surface area contributed by atoms with E-state index in [1.54, 1.807) is 121 Å². The Labute approximate surface area is 423 Å². The van der Waals surface area contributed by atoms with E-state index in [0.29, 0.717) is 26.2 Å². The fourth-order valence-electron chi connectivity index (χ4n) is 7.70. The Kier molecular flexibility index (Phi) is 16.0. The molecule has 0 spiro atoms. The SMILES string of the molecule is Cc1ccccc1-n1c(SCc2ccccc2)nc(=Nc2ccccc2)s/c1=N\[C@@H]1O[C@H](COC(=O)c2ccccc2)[C@@H](OC(=O)c2ccccc2)[C@H](OC(=O)c2ccccc2)[C@H]1OC(=O)c1ccccc1. The van der Waals surface area contributed by atoms with Gasteiger partial charge >= 0.3 is 23.9 Å². The summed E-state index contributed by atoms with van der Waals surface area (Å²) in [6, 6.07) is 60.1. The van der Waals surface area contributed by atoms with E-state index in [2.05, 4.69) is 0 Å². The van der Waals surface area contributed by atoms with E-state index >= 15 is 0 Å². The van der Waals surface area contributed by atoms with Gasteiger partial charge in [0, 0.05) is 5.75 Å². The summed E-state index contributed by atoms with van der Waals surface area (Å²) in [6.07, 6.45) is -7.71. The molecule has 0 aliphatic carbocycles. The Morgan fingerprint density at radius 3 is 1.57 bits per heavy atom. The summed E-state index contributed by atoms with van der Waals surface area (Å²) in [4.78, 5) is 72.6. The lowest BCUT2D eigenvalue weighted by Gasteiger charge is -2.43. The molecule has 0 bridgehead atoms. The van der Waals surface area contributed by atoms with Crippen LogP contribution in [0.3, 0.4) is 0 Å². The van der Waals surface area contributed by atoms with E-state index in [1.807, 2.05) is 96.4 Å². The Bertz CT molecular complexity index is 3270. The molecule has 7 aromatic carbocycles. The van der Waals surface area contributed by atoms with Crippen molar-refractivity contribution in [3.63, 3.8) is 0 Å². The van der Waals surface area contributed by atoms with Gasteiger partial charge in [-0.15, -0.1) is 0 Å². The summed E-state index contributed by atoms with van der Waals surface area (Å²) in [5, 5.41) is 0.518. The summed E-state index contributed by atoms with van der Waals surface area (Å²) in [5.41, 5.74) is 4.05. The van der Waals surface area contributed by atoms with Crippen LogP contribution in [0.25, 0.3) is 5.69 Å². The van der Waals surface area contributed by atoms with E-state index in [0.717, 1.165) is 28.2 Å². The van der Waals surface area contributed by atoms with Gasteiger partial charge in [0.1, 0.15) is 12.7 Å². The van der Waals surface area contributed by atoms with Crippen LogP contribution in [0.5, 0.6) is 0 Å². The van der Waals surface area contributed by atoms with E-state index < -0.39 is 61.1 Å². The lowest BCUT2D eigenvalue weighted by atomic mass is 9.97. The summed E-state index contributed by atoms with van der Waals surface area (Å²) in [5.74, 6) is -2.62. The minimum absolute atomic E-state index is 0.159. The summed E-state index contributed by atoms with van der Waals surface area (Å²) in [6.45, 7) is 1.45. The molecule has 8 aromatic rings. The second-order valence-electron chi connectivity index (χ2n) is 16.3. The van der Waals surface area contributed by atoms with Gasteiger partial charge in [0.05, 0.1) is 33.6 Å². The van der Waals surface area contributed by atoms with Gasteiger partial charge in [-0.25, -0.2) is 29.2 Å². The smallest absolute Gasteiger partial charge is 0.338 e. The summed E-state index contributed by atoms with van der Waals surface area (Å²) < 4.78 is 33.8. The van der Waals surface area contributed by atoms with Gasteiger partial charge in [-0.05, 0) is 84.8 Å². The van der Waals surface area contributed by atoms with Gasteiger partial charge in [-0.1, -0.05) is 163 Å². The third-order valence-electron chi connectivity index (χ3n) is 11.3. The molecule has 1 aliphatic heterocycles. The minimum atomic E-state index is -1.62. The zero-order valence-electron chi connectivity index (χ0n) is 38.7. The molecule has 0 radical (unpaired) electrons. The largest absolute Gasteiger partial charge is 0.459 e. The van der Waals surface area contributed by atoms with Gasteiger partial charge < -0.3 is 23.7 Å². The Balaban J connectivity index is 1.27. The zero-order chi connectivity index (χ0) is 49.7. The van der Waals surface area contributed by atoms with Crippen molar-refractivity contribution in [1.82, 2.24) is 9.55 Å². The summed E-state index contributed by atoms with van der Waals surface area (Å²) >= 11 is 2.60. The average molecular weight is 995 g/mol. The molecule has 1 fully saturated rings. The molecule has 0 saturated carbocycles. The number of aromatic nitrogens is 2. The van der Waals surface area contributed by atoms with Crippen LogP contribution in [0.4, 0.5) is 5.69 Å². The van der Waals surface area contributed by atoms with Gasteiger partial charge in [0.2, 0.25) is 4.80 Å². The first-order valence-electron chi connectivity index (χ1n) is 22.9. The molecular formula is C57H46N4O9S2. The third kappa shape index (κ3) is 12.2. The number of nitrogens with zero attached hydrogens (tertiary/aromatic N) is 4. The average Bonchev–Trinajstić information content (AvgIpc) is 3.43. The van der Waals surface area contributed by atoms with E-state index in [1.165, 1.54) is 11.8 Å². The highest BCUT2D eigenvalue weighted by atomic mass is 32.2. The van der Waals surface area contributed by atoms with Crippen LogP contribution < -0.4 is 9.60 Å². The monoisotopic (exact) mass is 994 g/mol. The lowest BCUT2D eigenvalue weighted by Crippen LogP contribution is -2.62. The number of carbonyl (C=O) groups excluding carboxylic acids is 4. The van der Waals surface area contributed by atoms with Crippen molar-refractivity contribution in [2.45, 2.75) is 48.5 Å².